The highest BCUT2D eigenvalue weighted by Gasteiger charge is 2.50. The van der Waals surface area contributed by atoms with Crippen molar-refractivity contribution in [2.75, 3.05) is 24.6 Å². The van der Waals surface area contributed by atoms with Crippen LogP contribution in [-0.4, -0.2) is 69.5 Å². The van der Waals surface area contributed by atoms with Crippen molar-refractivity contribution in [3.05, 3.63) is 0 Å². The standard InChI is InChI=1S/C17H25N3O4S2/c18-8-15(23)20-10-17(25-4-1-5-26-17)7-13(20)16(24)19-12(14(22)9-21)6-11-2-3-11/h9,11-13H,1-8,10,18H2,(H,19,24)/t12?,13-/m0/s1. The Morgan fingerprint density at radius 2 is 1.96 bits per heavy atom. The molecule has 2 atom stereocenters. The molecule has 0 radical (unpaired) electrons. The molecular formula is C17H25N3O4S2. The van der Waals surface area contributed by atoms with Gasteiger partial charge in [0.2, 0.25) is 17.6 Å². The van der Waals surface area contributed by atoms with Gasteiger partial charge in [0.05, 0.1) is 16.7 Å². The third-order valence-corrected chi connectivity index (χ3v) is 8.49. The summed E-state index contributed by atoms with van der Waals surface area (Å²) in [5, 5.41) is 2.74. The second-order valence-corrected chi connectivity index (χ2v) is 10.4. The topological polar surface area (TPSA) is 110 Å². The number of nitrogens with two attached hydrogens (primary N) is 1. The highest BCUT2D eigenvalue weighted by atomic mass is 32.2. The van der Waals surface area contributed by atoms with Crippen molar-refractivity contribution in [3.63, 3.8) is 0 Å². The summed E-state index contributed by atoms with van der Waals surface area (Å²) in [5.74, 6) is 1.21. The number of nitrogens with one attached hydrogen (secondary N) is 1. The minimum atomic E-state index is -0.787. The summed E-state index contributed by atoms with van der Waals surface area (Å²) >= 11 is 3.60. The number of amides is 2. The second kappa shape index (κ2) is 8.31. The lowest BCUT2D eigenvalue weighted by Gasteiger charge is -2.31. The molecule has 2 heterocycles. The van der Waals surface area contributed by atoms with Crippen LogP contribution in [0, 0.1) is 5.92 Å². The van der Waals surface area contributed by atoms with Crippen molar-refractivity contribution in [1.29, 1.82) is 0 Å². The van der Waals surface area contributed by atoms with E-state index in [-0.39, 0.29) is 28.7 Å². The van der Waals surface area contributed by atoms with Crippen LogP contribution in [0.15, 0.2) is 0 Å². The van der Waals surface area contributed by atoms with Crippen LogP contribution in [0.1, 0.15) is 32.1 Å². The minimum Gasteiger partial charge on any atom is -0.344 e. The van der Waals surface area contributed by atoms with Gasteiger partial charge in [-0.2, -0.15) is 0 Å². The molecule has 3 rings (SSSR count). The number of hydrogen-bond donors (Lipinski definition) is 2. The van der Waals surface area contributed by atoms with Gasteiger partial charge in [-0.25, -0.2) is 0 Å². The molecule has 7 nitrogen and oxygen atoms in total. The zero-order chi connectivity index (χ0) is 18.7. The quantitative estimate of drug-likeness (QED) is 0.464. The van der Waals surface area contributed by atoms with E-state index in [2.05, 4.69) is 5.32 Å². The first kappa shape index (κ1) is 19.7. The van der Waals surface area contributed by atoms with Crippen molar-refractivity contribution in [2.24, 2.45) is 11.7 Å². The highest BCUT2D eigenvalue weighted by Crippen LogP contribution is 2.50. The third kappa shape index (κ3) is 4.43. The van der Waals surface area contributed by atoms with Crippen molar-refractivity contribution < 1.29 is 19.2 Å². The van der Waals surface area contributed by atoms with Gasteiger partial charge in [-0.05, 0) is 30.3 Å². The van der Waals surface area contributed by atoms with Gasteiger partial charge in [0.1, 0.15) is 6.04 Å². The molecule has 2 aliphatic heterocycles. The van der Waals surface area contributed by atoms with E-state index in [0.29, 0.717) is 25.3 Å². The van der Waals surface area contributed by atoms with E-state index in [1.54, 1.807) is 28.4 Å². The van der Waals surface area contributed by atoms with E-state index in [1.165, 1.54) is 0 Å². The SMILES string of the molecule is NCC(=O)N1CC2(C[C@H]1C(=O)NC(CC1CC1)C(=O)C=O)SCCCS2. The summed E-state index contributed by atoms with van der Waals surface area (Å²) in [6.07, 6.45) is 4.49. The van der Waals surface area contributed by atoms with Gasteiger partial charge in [0.15, 0.2) is 6.29 Å². The molecule has 26 heavy (non-hydrogen) atoms. The number of aldehydes is 1. The van der Waals surface area contributed by atoms with E-state index in [0.717, 1.165) is 30.8 Å². The van der Waals surface area contributed by atoms with E-state index in [4.69, 9.17) is 5.73 Å². The van der Waals surface area contributed by atoms with Crippen LogP contribution in [0.4, 0.5) is 0 Å². The predicted octanol–water partition coefficient (Wildman–Crippen LogP) is 0.165. The number of ketones is 1. The number of nitrogens with zero attached hydrogens (tertiary/aromatic N) is 1. The molecule has 3 aliphatic rings. The average Bonchev–Trinajstić information content (AvgIpc) is 3.40. The normalized spacial score (nSPS) is 25.7. The molecule has 3 fully saturated rings. The average molecular weight is 400 g/mol. The summed E-state index contributed by atoms with van der Waals surface area (Å²) in [6, 6.07) is -1.42. The number of hydrogen-bond acceptors (Lipinski definition) is 7. The molecule has 2 saturated heterocycles. The van der Waals surface area contributed by atoms with Crippen LogP contribution < -0.4 is 11.1 Å². The van der Waals surface area contributed by atoms with Crippen LogP contribution in [0.2, 0.25) is 0 Å². The zero-order valence-corrected chi connectivity index (χ0v) is 16.3. The maximum atomic E-state index is 12.9. The van der Waals surface area contributed by atoms with Gasteiger partial charge < -0.3 is 16.0 Å². The molecule has 1 saturated carbocycles. The van der Waals surface area contributed by atoms with Gasteiger partial charge in [-0.3, -0.25) is 19.2 Å². The van der Waals surface area contributed by atoms with Crippen molar-refractivity contribution in [1.82, 2.24) is 10.2 Å². The largest absolute Gasteiger partial charge is 0.344 e. The monoisotopic (exact) mass is 399 g/mol. The van der Waals surface area contributed by atoms with Crippen molar-refractivity contribution in [3.8, 4) is 0 Å². The third-order valence-electron chi connectivity index (χ3n) is 5.15. The fraction of sp³-hybridized carbons (Fsp3) is 0.765. The Morgan fingerprint density at radius 3 is 2.54 bits per heavy atom. The van der Waals surface area contributed by atoms with E-state index in [1.807, 2.05) is 0 Å². The summed E-state index contributed by atoms with van der Waals surface area (Å²) in [6.45, 7) is 0.347. The number of rotatable bonds is 7. The smallest absolute Gasteiger partial charge is 0.243 e. The molecule has 144 valence electrons. The Bertz CT molecular complexity index is 591. The maximum Gasteiger partial charge on any atom is 0.243 e. The molecule has 0 aromatic heterocycles. The second-order valence-electron chi connectivity index (χ2n) is 7.17. The fourth-order valence-corrected chi connectivity index (χ4v) is 6.91. The number of thioether (sulfide) groups is 2. The van der Waals surface area contributed by atoms with E-state index >= 15 is 0 Å². The van der Waals surface area contributed by atoms with E-state index < -0.39 is 17.9 Å². The molecule has 3 N–H and O–H groups in total. The molecule has 1 aliphatic carbocycles. The molecular weight excluding hydrogens is 374 g/mol. The number of carbonyl (C=O) groups is 4. The van der Waals surface area contributed by atoms with Crippen LogP contribution in [0.25, 0.3) is 0 Å². The molecule has 0 aromatic carbocycles. The summed E-state index contributed by atoms with van der Waals surface area (Å²) in [4.78, 5) is 49.6. The van der Waals surface area contributed by atoms with Gasteiger partial charge in [0, 0.05) is 13.0 Å². The summed E-state index contributed by atoms with van der Waals surface area (Å²) in [5.41, 5.74) is 5.54. The Morgan fingerprint density at radius 1 is 1.27 bits per heavy atom. The Labute approximate surface area is 161 Å². The minimum absolute atomic E-state index is 0.145. The summed E-state index contributed by atoms with van der Waals surface area (Å²) < 4.78 is -0.175. The zero-order valence-electron chi connectivity index (χ0n) is 14.6. The molecule has 0 aromatic rings. The van der Waals surface area contributed by atoms with Gasteiger partial charge in [0.25, 0.3) is 0 Å². The van der Waals surface area contributed by atoms with Gasteiger partial charge in [-0.15, -0.1) is 23.5 Å². The first-order valence-electron chi connectivity index (χ1n) is 9.05. The Kier molecular flexibility index (Phi) is 6.29. The van der Waals surface area contributed by atoms with E-state index in [9.17, 15) is 19.2 Å². The highest BCUT2D eigenvalue weighted by molar-refractivity contribution is 8.18. The van der Waals surface area contributed by atoms with Gasteiger partial charge >= 0.3 is 0 Å². The van der Waals surface area contributed by atoms with Crippen LogP contribution in [-0.2, 0) is 19.2 Å². The molecule has 1 spiro atoms. The van der Waals surface area contributed by atoms with Crippen molar-refractivity contribution >= 4 is 47.4 Å². The lowest BCUT2D eigenvalue weighted by molar-refractivity contribution is -0.139. The molecule has 2 amide bonds. The number of carbonyl (C=O) groups excluding carboxylic acids is 4. The number of likely N-dealkylation sites (tertiary alicyclic amines) is 1. The first-order valence-corrected chi connectivity index (χ1v) is 11.0. The van der Waals surface area contributed by atoms with Crippen LogP contribution in [0.5, 0.6) is 0 Å². The van der Waals surface area contributed by atoms with Crippen molar-refractivity contribution in [2.45, 2.75) is 48.3 Å². The Balaban J connectivity index is 1.72. The summed E-state index contributed by atoms with van der Waals surface area (Å²) in [7, 11) is 0. The fourth-order valence-electron chi connectivity index (χ4n) is 3.56. The van der Waals surface area contributed by atoms with Crippen LogP contribution in [0.3, 0.4) is 0 Å². The molecule has 1 unspecified atom stereocenters. The predicted molar refractivity (Wildman–Crippen MR) is 102 cm³/mol. The number of Topliss-reactive ketones (excluding diaryl/α,β-unsaturated/α-hetero) is 1. The molecule has 9 heteroatoms. The lowest BCUT2D eigenvalue weighted by Crippen LogP contribution is -2.52. The Hall–Kier alpha value is -1.06. The molecule has 0 bridgehead atoms. The first-order chi connectivity index (χ1) is 12.5. The maximum absolute atomic E-state index is 12.9. The van der Waals surface area contributed by atoms with Crippen LogP contribution >= 0.6 is 23.5 Å². The lowest BCUT2D eigenvalue weighted by atomic mass is 10.1. The van der Waals surface area contributed by atoms with Gasteiger partial charge in [-0.1, -0.05) is 12.8 Å².